The van der Waals surface area contributed by atoms with Crippen LogP contribution in [0.5, 0.6) is 0 Å². The number of nitro benzene ring substituents is 1. The zero-order chi connectivity index (χ0) is 14.7. The van der Waals surface area contributed by atoms with E-state index < -0.39 is 0 Å². The number of aromatic nitrogens is 1. The topological polar surface area (TPSA) is 86.5 Å². The van der Waals surface area contributed by atoms with Gasteiger partial charge in [0.15, 0.2) is 0 Å². The number of hydrogen-bond donors (Lipinski definition) is 1. The average molecular weight is 289 g/mol. The van der Waals surface area contributed by atoms with Gasteiger partial charge in [0.2, 0.25) is 0 Å². The van der Waals surface area contributed by atoms with E-state index in [0.717, 1.165) is 0 Å². The lowest BCUT2D eigenvalue weighted by atomic mass is 10.1. The smallest absolute Gasteiger partial charge is 0.301 e. The molecule has 2 aromatic rings. The third-order valence-corrected chi connectivity index (χ3v) is 3.34. The second-order valence-electron chi connectivity index (χ2n) is 4.74. The molecule has 0 spiro atoms. The zero-order valence-electron chi connectivity index (χ0n) is 11.3. The molecule has 1 atom stereocenters. The Balaban J connectivity index is 1.87. The lowest BCUT2D eigenvalue weighted by molar-refractivity contribution is -0.382. The van der Waals surface area contributed by atoms with E-state index in [4.69, 9.17) is 9.47 Å². The molecule has 21 heavy (non-hydrogen) atoms. The van der Waals surface area contributed by atoms with Crippen molar-refractivity contribution in [2.24, 2.45) is 0 Å². The summed E-state index contributed by atoms with van der Waals surface area (Å²) in [6, 6.07) is 6.84. The molecule has 110 valence electrons. The van der Waals surface area contributed by atoms with Crippen LogP contribution in [0.15, 0.2) is 30.5 Å². The Kier molecular flexibility index (Phi) is 3.94. The van der Waals surface area contributed by atoms with Crippen molar-refractivity contribution in [2.45, 2.75) is 6.10 Å². The van der Waals surface area contributed by atoms with Crippen molar-refractivity contribution in [1.82, 2.24) is 4.98 Å². The molecule has 0 saturated carbocycles. The first-order chi connectivity index (χ1) is 10.3. The molecular weight excluding hydrogens is 274 g/mol. The summed E-state index contributed by atoms with van der Waals surface area (Å²) in [6.45, 7) is 2.11. The fourth-order valence-electron chi connectivity index (χ4n) is 2.35. The lowest BCUT2D eigenvalue weighted by Crippen LogP contribution is -2.34. The van der Waals surface area contributed by atoms with Crippen LogP contribution in [0.25, 0.3) is 10.9 Å². The van der Waals surface area contributed by atoms with Gasteiger partial charge in [-0.25, -0.2) is 0 Å². The highest BCUT2D eigenvalue weighted by molar-refractivity contribution is 5.94. The molecule has 0 aliphatic carbocycles. The number of ether oxygens (including phenoxy) is 2. The quantitative estimate of drug-likeness (QED) is 0.684. The molecule has 1 aromatic carbocycles. The van der Waals surface area contributed by atoms with Gasteiger partial charge in [-0.05, 0) is 24.3 Å². The van der Waals surface area contributed by atoms with Gasteiger partial charge in [-0.1, -0.05) is 0 Å². The number of hydrogen-bond acceptors (Lipinski definition) is 6. The predicted octanol–water partition coefficient (Wildman–Crippen LogP) is 1.97. The maximum atomic E-state index is 11.4. The second kappa shape index (κ2) is 6.02. The molecule has 1 aliphatic heterocycles. The van der Waals surface area contributed by atoms with Crippen LogP contribution in [-0.2, 0) is 9.47 Å². The Morgan fingerprint density at radius 2 is 2.29 bits per heavy atom. The third-order valence-electron chi connectivity index (χ3n) is 3.34. The van der Waals surface area contributed by atoms with E-state index >= 15 is 0 Å². The predicted molar refractivity (Wildman–Crippen MR) is 77.4 cm³/mol. The second-order valence-corrected chi connectivity index (χ2v) is 4.74. The van der Waals surface area contributed by atoms with Gasteiger partial charge in [-0.2, -0.15) is 0 Å². The Bertz CT molecular complexity index is 656. The van der Waals surface area contributed by atoms with E-state index in [9.17, 15) is 10.1 Å². The minimum absolute atomic E-state index is 0.0392. The van der Waals surface area contributed by atoms with Crippen molar-refractivity contribution in [3.63, 3.8) is 0 Å². The van der Waals surface area contributed by atoms with E-state index in [0.29, 0.717) is 43.0 Å². The summed E-state index contributed by atoms with van der Waals surface area (Å²) in [5, 5.41) is 15.0. The molecule has 7 nitrogen and oxygen atoms in total. The Morgan fingerprint density at radius 1 is 1.38 bits per heavy atom. The molecule has 1 aromatic heterocycles. The number of pyridine rings is 1. The standard InChI is InChI=1S/C14H15N3O4/c18-17(19)14-11-2-1-5-15-12(11)3-4-13(14)16-8-10-9-20-6-7-21-10/h1-5,10,16H,6-9H2. The number of nitrogens with zero attached hydrogens (tertiary/aromatic N) is 2. The van der Waals surface area contributed by atoms with Gasteiger partial charge in [0.25, 0.3) is 0 Å². The van der Waals surface area contributed by atoms with E-state index in [-0.39, 0.29) is 16.7 Å². The molecule has 0 radical (unpaired) electrons. The van der Waals surface area contributed by atoms with E-state index in [1.807, 2.05) is 0 Å². The molecule has 0 bridgehead atoms. The highest BCUT2D eigenvalue weighted by atomic mass is 16.6. The number of fused-ring (bicyclic) bond motifs is 1. The summed E-state index contributed by atoms with van der Waals surface area (Å²) in [5.74, 6) is 0. The molecule has 0 amide bonds. The summed E-state index contributed by atoms with van der Waals surface area (Å²) in [4.78, 5) is 15.1. The largest absolute Gasteiger partial charge is 0.377 e. The zero-order valence-corrected chi connectivity index (χ0v) is 11.3. The molecular formula is C14H15N3O4. The summed E-state index contributed by atoms with van der Waals surface area (Å²) in [6.07, 6.45) is 1.52. The fraction of sp³-hybridized carbons (Fsp3) is 0.357. The third kappa shape index (κ3) is 2.93. The average Bonchev–Trinajstić information content (AvgIpc) is 2.53. The van der Waals surface area contributed by atoms with Crippen LogP contribution in [0.3, 0.4) is 0 Å². The minimum Gasteiger partial charge on any atom is -0.377 e. The molecule has 1 saturated heterocycles. The Morgan fingerprint density at radius 3 is 3.05 bits per heavy atom. The van der Waals surface area contributed by atoms with Crippen molar-refractivity contribution in [3.05, 3.63) is 40.6 Å². The maximum Gasteiger partial charge on any atom is 0.301 e. The molecule has 7 heteroatoms. The van der Waals surface area contributed by atoms with Crippen LogP contribution in [0.2, 0.25) is 0 Å². The molecule has 1 fully saturated rings. The van der Waals surface area contributed by atoms with Crippen molar-refractivity contribution in [2.75, 3.05) is 31.7 Å². The van der Waals surface area contributed by atoms with Crippen LogP contribution in [-0.4, -0.2) is 42.4 Å². The van der Waals surface area contributed by atoms with Crippen LogP contribution >= 0.6 is 0 Å². The van der Waals surface area contributed by atoms with Crippen molar-refractivity contribution in [1.29, 1.82) is 0 Å². The number of anilines is 1. The molecule has 3 rings (SSSR count). The summed E-state index contributed by atoms with van der Waals surface area (Å²) in [7, 11) is 0. The number of nitro groups is 1. The number of benzene rings is 1. The summed E-state index contributed by atoms with van der Waals surface area (Å²) >= 11 is 0. The SMILES string of the molecule is O=[N+]([O-])c1c(NCC2COCCO2)ccc2ncccc12. The van der Waals surface area contributed by atoms with Crippen molar-refractivity contribution < 1.29 is 14.4 Å². The minimum atomic E-state index is -0.384. The monoisotopic (exact) mass is 289 g/mol. The summed E-state index contributed by atoms with van der Waals surface area (Å²) < 4.78 is 10.8. The van der Waals surface area contributed by atoms with Gasteiger partial charge in [-0.3, -0.25) is 15.1 Å². The van der Waals surface area contributed by atoms with Crippen LogP contribution in [0.1, 0.15) is 0 Å². The first-order valence-electron chi connectivity index (χ1n) is 6.71. The van der Waals surface area contributed by atoms with E-state index in [1.165, 1.54) is 0 Å². The molecule has 1 aliphatic rings. The normalized spacial score (nSPS) is 18.6. The molecule has 2 heterocycles. The molecule has 1 N–H and O–H groups in total. The highest BCUT2D eigenvalue weighted by Crippen LogP contribution is 2.32. The van der Waals surface area contributed by atoms with Crippen LogP contribution in [0.4, 0.5) is 11.4 Å². The Labute approximate surface area is 121 Å². The summed E-state index contributed by atoms with van der Waals surface area (Å²) in [5.41, 5.74) is 1.11. The van der Waals surface area contributed by atoms with Crippen molar-refractivity contribution >= 4 is 22.3 Å². The van der Waals surface area contributed by atoms with Gasteiger partial charge < -0.3 is 14.8 Å². The van der Waals surface area contributed by atoms with Gasteiger partial charge in [-0.15, -0.1) is 0 Å². The van der Waals surface area contributed by atoms with Gasteiger partial charge in [0.1, 0.15) is 5.69 Å². The first-order valence-corrected chi connectivity index (χ1v) is 6.71. The van der Waals surface area contributed by atoms with Gasteiger partial charge in [0, 0.05) is 12.7 Å². The number of rotatable bonds is 4. The Hall–Kier alpha value is -2.25. The van der Waals surface area contributed by atoms with Gasteiger partial charge >= 0.3 is 5.69 Å². The van der Waals surface area contributed by atoms with E-state index in [2.05, 4.69) is 10.3 Å². The maximum absolute atomic E-state index is 11.4. The molecule has 1 unspecified atom stereocenters. The van der Waals surface area contributed by atoms with Crippen molar-refractivity contribution in [3.8, 4) is 0 Å². The van der Waals surface area contributed by atoms with Crippen LogP contribution < -0.4 is 5.32 Å². The lowest BCUT2D eigenvalue weighted by Gasteiger charge is -2.23. The fourth-order valence-corrected chi connectivity index (χ4v) is 2.35. The first kappa shape index (κ1) is 13.7. The highest BCUT2D eigenvalue weighted by Gasteiger charge is 2.20. The van der Waals surface area contributed by atoms with Crippen LogP contribution in [0, 0.1) is 10.1 Å². The van der Waals surface area contributed by atoms with E-state index in [1.54, 1.807) is 30.5 Å². The van der Waals surface area contributed by atoms with Gasteiger partial charge in [0.05, 0.1) is 41.8 Å². The number of nitrogens with one attached hydrogen (secondary N) is 1.